The van der Waals surface area contributed by atoms with Gasteiger partial charge in [0.15, 0.2) is 5.17 Å². The molecule has 2 aromatic carbocycles. The first-order chi connectivity index (χ1) is 9.49. The van der Waals surface area contributed by atoms with Crippen molar-refractivity contribution in [1.29, 1.82) is 0 Å². The van der Waals surface area contributed by atoms with E-state index in [2.05, 4.69) is 5.10 Å². The van der Waals surface area contributed by atoms with Gasteiger partial charge in [-0.2, -0.15) is 18.4 Å². The second-order valence-corrected chi connectivity index (χ2v) is 5.84. The minimum Gasteiger partial charge on any atom is -0.207 e. The number of benzene rings is 2. The smallest absolute Gasteiger partial charge is 0.207 e. The van der Waals surface area contributed by atoms with E-state index in [1.165, 1.54) is 36.4 Å². The first-order valence-corrected chi connectivity index (χ1v) is 7.41. The SMILES string of the molecule is O=S(=O)(N/N=C(\Cl)c1ccc(F)cc1)c1ccccc1. The van der Waals surface area contributed by atoms with Crippen LogP contribution in [0.3, 0.4) is 0 Å². The van der Waals surface area contributed by atoms with Crippen LogP contribution < -0.4 is 4.83 Å². The number of rotatable bonds is 4. The first kappa shape index (κ1) is 14.5. The van der Waals surface area contributed by atoms with Crippen LogP contribution in [0.1, 0.15) is 5.56 Å². The molecule has 0 aliphatic heterocycles. The third-order valence-corrected chi connectivity index (χ3v) is 3.93. The number of sulfonamides is 1. The van der Waals surface area contributed by atoms with Gasteiger partial charge in [-0.05, 0) is 36.4 Å². The molecule has 0 amide bonds. The third-order valence-electron chi connectivity index (χ3n) is 2.40. The van der Waals surface area contributed by atoms with Crippen LogP contribution in [0.15, 0.2) is 64.6 Å². The Hall–Kier alpha value is -1.92. The fraction of sp³-hybridized carbons (Fsp3) is 0. The lowest BCUT2D eigenvalue weighted by Crippen LogP contribution is -2.19. The molecule has 2 aromatic rings. The molecule has 0 bridgehead atoms. The minimum absolute atomic E-state index is 0.0762. The number of hydrazone groups is 1. The lowest BCUT2D eigenvalue weighted by atomic mass is 10.2. The van der Waals surface area contributed by atoms with Gasteiger partial charge in [0.1, 0.15) is 5.82 Å². The standard InChI is InChI=1S/C13H10ClFN2O2S/c14-13(10-6-8-11(15)9-7-10)16-17-20(18,19)12-4-2-1-3-5-12/h1-9,17H/b16-13-. The summed E-state index contributed by atoms with van der Waals surface area (Å²) in [7, 11) is -3.77. The average molecular weight is 313 g/mol. The van der Waals surface area contributed by atoms with Gasteiger partial charge in [-0.15, -0.1) is 0 Å². The molecule has 0 aliphatic rings. The zero-order valence-corrected chi connectivity index (χ0v) is 11.7. The Balaban J connectivity index is 2.18. The topological polar surface area (TPSA) is 58.5 Å². The molecule has 1 N–H and O–H groups in total. The number of halogens is 2. The Morgan fingerprint density at radius 1 is 1.05 bits per heavy atom. The van der Waals surface area contributed by atoms with Crippen molar-refractivity contribution in [2.24, 2.45) is 5.10 Å². The average Bonchev–Trinajstić information content (AvgIpc) is 2.46. The highest BCUT2D eigenvalue weighted by molar-refractivity contribution is 7.89. The molecule has 0 saturated carbocycles. The Morgan fingerprint density at radius 3 is 2.25 bits per heavy atom. The number of hydrogen-bond acceptors (Lipinski definition) is 3. The maximum atomic E-state index is 12.8. The van der Waals surface area contributed by atoms with E-state index in [1.807, 2.05) is 4.83 Å². The van der Waals surface area contributed by atoms with E-state index in [4.69, 9.17) is 11.6 Å². The summed E-state index contributed by atoms with van der Waals surface area (Å²) in [6.07, 6.45) is 0. The molecular weight excluding hydrogens is 303 g/mol. The summed E-state index contributed by atoms with van der Waals surface area (Å²) in [6.45, 7) is 0. The summed E-state index contributed by atoms with van der Waals surface area (Å²) in [6, 6.07) is 13.0. The van der Waals surface area contributed by atoms with Crippen LogP contribution in [-0.4, -0.2) is 13.6 Å². The fourth-order valence-corrected chi connectivity index (χ4v) is 2.46. The Morgan fingerprint density at radius 2 is 1.65 bits per heavy atom. The van der Waals surface area contributed by atoms with Crippen molar-refractivity contribution in [1.82, 2.24) is 4.83 Å². The quantitative estimate of drug-likeness (QED) is 0.697. The van der Waals surface area contributed by atoms with Gasteiger partial charge in [-0.1, -0.05) is 29.8 Å². The van der Waals surface area contributed by atoms with Gasteiger partial charge >= 0.3 is 0 Å². The molecule has 0 saturated heterocycles. The number of nitrogens with zero attached hydrogens (tertiary/aromatic N) is 1. The van der Waals surface area contributed by atoms with Crippen molar-refractivity contribution < 1.29 is 12.8 Å². The first-order valence-electron chi connectivity index (χ1n) is 5.55. The van der Waals surface area contributed by atoms with E-state index in [1.54, 1.807) is 18.2 Å². The summed E-state index contributed by atoms with van der Waals surface area (Å²) in [5, 5.41) is 3.51. The summed E-state index contributed by atoms with van der Waals surface area (Å²) < 4.78 is 36.5. The zero-order chi connectivity index (χ0) is 14.6. The highest BCUT2D eigenvalue weighted by Gasteiger charge is 2.12. The van der Waals surface area contributed by atoms with Crippen LogP contribution in [0.25, 0.3) is 0 Å². The number of hydrogen-bond donors (Lipinski definition) is 1. The molecule has 4 nitrogen and oxygen atoms in total. The van der Waals surface area contributed by atoms with Gasteiger partial charge < -0.3 is 0 Å². The Kier molecular flexibility index (Phi) is 4.36. The lowest BCUT2D eigenvalue weighted by molar-refractivity contribution is 0.584. The van der Waals surface area contributed by atoms with Gasteiger partial charge in [-0.3, -0.25) is 0 Å². The normalized spacial score (nSPS) is 12.2. The van der Waals surface area contributed by atoms with Gasteiger partial charge in [0.05, 0.1) is 4.90 Å². The van der Waals surface area contributed by atoms with Crippen molar-refractivity contribution in [3.63, 3.8) is 0 Å². The van der Waals surface area contributed by atoms with Gasteiger partial charge in [0.2, 0.25) is 0 Å². The number of nitrogens with one attached hydrogen (secondary N) is 1. The van der Waals surface area contributed by atoms with E-state index in [0.717, 1.165) is 0 Å². The van der Waals surface area contributed by atoms with Crippen LogP contribution in [0.4, 0.5) is 4.39 Å². The van der Waals surface area contributed by atoms with E-state index in [-0.39, 0.29) is 10.1 Å². The maximum Gasteiger partial charge on any atom is 0.276 e. The fourth-order valence-electron chi connectivity index (χ4n) is 1.40. The van der Waals surface area contributed by atoms with Crippen molar-refractivity contribution in [2.45, 2.75) is 4.90 Å². The van der Waals surface area contributed by atoms with Crippen molar-refractivity contribution in [3.05, 3.63) is 66.0 Å². The molecule has 0 heterocycles. The van der Waals surface area contributed by atoms with Gasteiger partial charge in [-0.25, -0.2) is 4.39 Å². The summed E-state index contributed by atoms with van der Waals surface area (Å²) in [5.74, 6) is -0.414. The van der Waals surface area contributed by atoms with Crippen molar-refractivity contribution in [2.75, 3.05) is 0 Å². The Bertz CT molecular complexity index is 716. The summed E-state index contributed by atoms with van der Waals surface area (Å²) in [5.41, 5.74) is 0.406. The highest BCUT2D eigenvalue weighted by atomic mass is 35.5. The van der Waals surface area contributed by atoms with Crippen LogP contribution in [0.2, 0.25) is 0 Å². The van der Waals surface area contributed by atoms with Crippen molar-refractivity contribution in [3.8, 4) is 0 Å². The molecule has 104 valence electrons. The molecule has 2 rings (SSSR count). The van der Waals surface area contributed by atoms with E-state index in [9.17, 15) is 12.8 Å². The predicted molar refractivity (Wildman–Crippen MR) is 75.6 cm³/mol. The van der Waals surface area contributed by atoms with Gasteiger partial charge in [0, 0.05) is 5.56 Å². The molecule has 0 unspecified atom stereocenters. The molecule has 0 fully saturated rings. The second kappa shape index (κ2) is 6.02. The minimum atomic E-state index is -3.77. The molecular formula is C13H10ClFN2O2S. The maximum absolute atomic E-state index is 12.8. The van der Waals surface area contributed by atoms with E-state index < -0.39 is 15.8 Å². The Labute approximate surface area is 120 Å². The monoisotopic (exact) mass is 312 g/mol. The van der Waals surface area contributed by atoms with Crippen LogP contribution >= 0.6 is 11.6 Å². The summed E-state index contributed by atoms with van der Waals surface area (Å²) in [4.78, 5) is 2.10. The second-order valence-electron chi connectivity index (χ2n) is 3.82. The molecule has 0 atom stereocenters. The van der Waals surface area contributed by atoms with Crippen LogP contribution in [-0.2, 0) is 10.0 Å². The van der Waals surface area contributed by atoms with E-state index >= 15 is 0 Å². The molecule has 0 aromatic heterocycles. The lowest BCUT2D eigenvalue weighted by Gasteiger charge is -2.04. The molecule has 0 spiro atoms. The molecule has 0 aliphatic carbocycles. The van der Waals surface area contributed by atoms with Crippen LogP contribution in [0.5, 0.6) is 0 Å². The molecule has 20 heavy (non-hydrogen) atoms. The molecule has 0 radical (unpaired) electrons. The third kappa shape index (κ3) is 3.55. The largest absolute Gasteiger partial charge is 0.276 e. The predicted octanol–water partition coefficient (Wildman–Crippen LogP) is 2.70. The van der Waals surface area contributed by atoms with Crippen LogP contribution in [0, 0.1) is 5.82 Å². The van der Waals surface area contributed by atoms with Gasteiger partial charge in [0.25, 0.3) is 10.0 Å². The highest BCUT2D eigenvalue weighted by Crippen LogP contribution is 2.09. The van der Waals surface area contributed by atoms with Crippen molar-refractivity contribution >= 4 is 26.8 Å². The zero-order valence-electron chi connectivity index (χ0n) is 10.1. The summed E-state index contributed by atoms with van der Waals surface area (Å²) >= 11 is 5.85. The molecule has 7 heteroatoms. The van der Waals surface area contributed by atoms with E-state index in [0.29, 0.717) is 5.56 Å².